The lowest BCUT2D eigenvalue weighted by Gasteiger charge is -2.34. The number of fused-ring (bicyclic) bond motifs is 2. The van der Waals surface area contributed by atoms with Gasteiger partial charge in [0, 0.05) is 27.9 Å². The lowest BCUT2D eigenvalue weighted by Crippen LogP contribution is -2.31. The number of benzene rings is 4. The first kappa shape index (κ1) is 25.7. The summed E-state index contributed by atoms with van der Waals surface area (Å²) in [5.41, 5.74) is 14.0. The minimum Gasteiger partial charge on any atom is -0.320 e. The second-order valence-corrected chi connectivity index (χ2v) is 12.6. The van der Waals surface area contributed by atoms with Crippen LogP contribution >= 0.6 is 0 Å². The molecule has 0 aromatic heterocycles. The summed E-state index contributed by atoms with van der Waals surface area (Å²) in [5.74, 6) is 1.74. The second-order valence-electron chi connectivity index (χ2n) is 12.6. The van der Waals surface area contributed by atoms with Crippen LogP contribution < -0.4 is 9.80 Å². The van der Waals surface area contributed by atoms with Crippen LogP contribution in [0.4, 0.5) is 11.4 Å². The topological polar surface area (TPSA) is 6.48 Å². The van der Waals surface area contributed by atoms with E-state index in [4.69, 9.17) is 0 Å². The molecule has 2 aliphatic rings. The molecular weight excluding hydrogens is 472 g/mol. The van der Waals surface area contributed by atoms with Gasteiger partial charge in [0.1, 0.15) is 6.67 Å². The summed E-state index contributed by atoms with van der Waals surface area (Å²) >= 11 is 0. The van der Waals surface area contributed by atoms with Crippen molar-refractivity contribution >= 4 is 33.5 Å². The second kappa shape index (κ2) is 9.59. The fourth-order valence-corrected chi connectivity index (χ4v) is 6.83. The Hall–Kier alpha value is -3.52. The van der Waals surface area contributed by atoms with E-state index in [0.29, 0.717) is 23.7 Å². The minimum absolute atomic E-state index is 0.436. The van der Waals surface area contributed by atoms with E-state index in [-0.39, 0.29) is 0 Å². The van der Waals surface area contributed by atoms with Gasteiger partial charge in [0.25, 0.3) is 0 Å². The van der Waals surface area contributed by atoms with Gasteiger partial charge in [-0.2, -0.15) is 0 Å². The molecule has 2 heteroatoms. The molecule has 0 spiro atoms. The van der Waals surface area contributed by atoms with Crippen molar-refractivity contribution in [3.8, 4) is 0 Å². The molecule has 0 atom stereocenters. The zero-order chi connectivity index (χ0) is 27.6. The lowest BCUT2D eigenvalue weighted by molar-refractivity contribution is 0.805. The zero-order valence-corrected chi connectivity index (χ0v) is 24.8. The average molecular weight is 515 g/mol. The zero-order valence-electron chi connectivity index (χ0n) is 24.8. The van der Waals surface area contributed by atoms with Crippen molar-refractivity contribution in [1.82, 2.24) is 0 Å². The van der Waals surface area contributed by atoms with Gasteiger partial charge in [0.2, 0.25) is 0 Å². The Kier molecular flexibility index (Phi) is 6.33. The van der Waals surface area contributed by atoms with Crippen LogP contribution in [0.25, 0.3) is 22.2 Å². The van der Waals surface area contributed by atoms with E-state index in [2.05, 4.69) is 138 Å². The number of hydrogen-bond acceptors (Lipinski definition) is 2. The van der Waals surface area contributed by atoms with Crippen molar-refractivity contribution < 1.29 is 0 Å². The number of rotatable bonds is 6. The summed E-state index contributed by atoms with van der Waals surface area (Å²) in [4.78, 5) is 5.33. The molecule has 39 heavy (non-hydrogen) atoms. The summed E-state index contributed by atoms with van der Waals surface area (Å²) in [6.45, 7) is 19.5. The molecule has 0 bridgehead atoms. The summed E-state index contributed by atoms with van der Waals surface area (Å²) in [5, 5.41) is 2.71. The fraction of sp³-hybridized carbons (Fsp3) is 0.351. The van der Waals surface area contributed by atoms with Crippen LogP contribution in [0.1, 0.15) is 112 Å². The Bertz CT molecular complexity index is 1430. The Morgan fingerprint density at radius 2 is 0.795 bits per heavy atom. The van der Waals surface area contributed by atoms with Gasteiger partial charge in [-0.15, -0.1) is 0 Å². The number of para-hydroxylation sites is 2. The van der Waals surface area contributed by atoms with Crippen LogP contribution in [-0.2, 0) is 0 Å². The first-order chi connectivity index (χ1) is 18.7. The first-order valence-corrected chi connectivity index (χ1v) is 14.8. The molecule has 0 unspecified atom stereocenters. The van der Waals surface area contributed by atoms with E-state index in [9.17, 15) is 0 Å². The SMILES string of the molecule is CC(C)c1cccc(C(C)C)c1N1CN(c2c(C(C)C)cccc2C(C)C)C2=C1c1cccc3cccc2c13. The average Bonchev–Trinajstić information content (AvgIpc) is 3.45. The molecule has 2 nitrogen and oxygen atoms in total. The Balaban J connectivity index is 1.70. The van der Waals surface area contributed by atoms with E-state index >= 15 is 0 Å². The van der Waals surface area contributed by atoms with Gasteiger partial charge in [-0.1, -0.05) is 128 Å². The van der Waals surface area contributed by atoms with Gasteiger partial charge < -0.3 is 9.80 Å². The van der Waals surface area contributed by atoms with Gasteiger partial charge in [-0.25, -0.2) is 0 Å². The number of nitrogens with zero attached hydrogens (tertiary/aromatic N) is 2. The molecule has 0 fully saturated rings. The van der Waals surface area contributed by atoms with Crippen LogP contribution in [0.3, 0.4) is 0 Å². The molecule has 0 amide bonds. The molecule has 0 radical (unpaired) electrons. The maximum Gasteiger partial charge on any atom is 0.100 e. The van der Waals surface area contributed by atoms with Crippen molar-refractivity contribution in [2.75, 3.05) is 16.5 Å². The maximum absolute atomic E-state index is 2.66. The van der Waals surface area contributed by atoms with Crippen LogP contribution in [0.15, 0.2) is 72.8 Å². The van der Waals surface area contributed by atoms with E-state index in [1.54, 1.807) is 0 Å². The molecule has 0 N–H and O–H groups in total. The Morgan fingerprint density at radius 3 is 1.13 bits per heavy atom. The number of hydrogen-bond donors (Lipinski definition) is 0. The van der Waals surface area contributed by atoms with Crippen LogP contribution in [0.2, 0.25) is 0 Å². The summed E-state index contributed by atoms with van der Waals surface area (Å²) in [6, 6.07) is 27.6. The highest BCUT2D eigenvalue weighted by atomic mass is 15.4. The van der Waals surface area contributed by atoms with Crippen LogP contribution in [0.5, 0.6) is 0 Å². The molecule has 0 saturated carbocycles. The summed E-state index contributed by atoms with van der Waals surface area (Å²) in [7, 11) is 0. The standard InChI is InChI=1S/C37H42N2/c1-22(2)27-15-11-16-28(23(3)4)34(27)38-21-39(35-29(24(5)6)17-12-18-30(35)25(7)8)37-32-20-10-14-26-13-9-19-31(33(26)32)36(37)38/h9-20,22-25H,21H2,1-8H3. The van der Waals surface area contributed by atoms with Crippen molar-refractivity contribution in [3.05, 3.63) is 106 Å². The molecule has 1 heterocycles. The third-order valence-corrected chi connectivity index (χ3v) is 8.69. The third-order valence-electron chi connectivity index (χ3n) is 8.69. The van der Waals surface area contributed by atoms with Gasteiger partial charge in [-0.05, 0) is 51.3 Å². The Morgan fingerprint density at radius 1 is 0.462 bits per heavy atom. The molecule has 1 aliphatic heterocycles. The highest BCUT2D eigenvalue weighted by Crippen LogP contribution is 2.54. The molecular formula is C37H42N2. The predicted molar refractivity (Wildman–Crippen MR) is 170 cm³/mol. The van der Waals surface area contributed by atoms with Gasteiger partial charge in [0.05, 0.1) is 11.4 Å². The van der Waals surface area contributed by atoms with E-state index in [1.807, 2.05) is 0 Å². The predicted octanol–water partition coefficient (Wildman–Crippen LogP) is 10.5. The molecule has 1 aliphatic carbocycles. The fourth-order valence-electron chi connectivity index (χ4n) is 6.83. The largest absolute Gasteiger partial charge is 0.320 e. The minimum atomic E-state index is 0.436. The van der Waals surface area contributed by atoms with Gasteiger partial charge >= 0.3 is 0 Å². The van der Waals surface area contributed by atoms with Gasteiger partial charge in [0.15, 0.2) is 0 Å². The lowest BCUT2D eigenvalue weighted by atomic mass is 9.91. The highest BCUT2D eigenvalue weighted by molar-refractivity contribution is 6.21. The molecule has 0 saturated heterocycles. The molecule has 200 valence electrons. The highest BCUT2D eigenvalue weighted by Gasteiger charge is 2.41. The molecule has 4 aromatic carbocycles. The van der Waals surface area contributed by atoms with E-state index in [0.717, 1.165) is 6.67 Å². The van der Waals surface area contributed by atoms with Crippen molar-refractivity contribution in [1.29, 1.82) is 0 Å². The monoisotopic (exact) mass is 514 g/mol. The van der Waals surface area contributed by atoms with Crippen LogP contribution in [0, 0.1) is 0 Å². The van der Waals surface area contributed by atoms with Crippen molar-refractivity contribution in [3.63, 3.8) is 0 Å². The Labute approximate surface area is 235 Å². The maximum atomic E-state index is 2.66. The van der Waals surface area contributed by atoms with Crippen LogP contribution in [-0.4, -0.2) is 6.67 Å². The smallest absolute Gasteiger partial charge is 0.100 e. The van der Waals surface area contributed by atoms with Gasteiger partial charge in [-0.3, -0.25) is 0 Å². The summed E-state index contributed by atoms with van der Waals surface area (Å²) < 4.78 is 0. The molecule has 6 rings (SSSR count). The van der Waals surface area contributed by atoms with Crippen molar-refractivity contribution in [2.24, 2.45) is 0 Å². The molecule has 4 aromatic rings. The van der Waals surface area contributed by atoms with E-state index in [1.165, 1.54) is 66.9 Å². The van der Waals surface area contributed by atoms with E-state index < -0.39 is 0 Å². The van der Waals surface area contributed by atoms with Crippen molar-refractivity contribution in [2.45, 2.75) is 79.1 Å². The normalized spacial score (nSPS) is 14.8. The summed E-state index contributed by atoms with van der Waals surface area (Å²) in [6.07, 6.45) is 0. The number of anilines is 2. The first-order valence-electron chi connectivity index (χ1n) is 14.8. The quantitative estimate of drug-likeness (QED) is 0.252. The third kappa shape index (κ3) is 3.91.